The van der Waals surface area contributed by atoms with Gasteiger partial charge in [0.25, 0.3) is 0 Å². The second-order valence-electron chi connectivity index (χ2n) is 5.32. The third-order valence-electron chi connectivity index (χ3n) is 3.78. The topological polar surface area (TPSA) is 46.5 Å². The monoisotopic (exact) mass is 298 g/mol. The highest BCUT2D eigenvalue weighted by Crippen LogP contribution is 2.31. The predicted octanol–water partition coefficient (Wildman–Crippen LogP) is 4.86. The summed E-state index contributed by atoms with van der Waals surface area (Å²) in [7, 11) is 0. The number of hydrogen-bond acceptors (Lipinski definition) is 2. The molecule has 0 aromatic heterocycles. The minimum Gasteiger partial charge on any atom is -0.450 e. The molecule has 2 aromatic rings. The highest BCUT2D eigenvalue weighted by atomic mass is 16.7. The van der Waals surface area contributed by atoms with Gasteiger partial charge in [0, 0.05) is 5.92 Å². The molecule has 22 heavy (non-hydrogen) atoms. The zero-order chi connectivity index (χ0) is 15.8. The van der Waals surface area contributed by atoms with Crippen LogP contribution in [0.1, 0.15) is 42.4 Å². The Balaban J connectivity index is 2.29. The highest BCUT2D eigenvalue weighted by Gasteiger charge is 2.17. The Morgan fingerprint density at radius 3 is 2.45 bits per heavy atom. The standard InChI is InChI=1S/C19H22O3/c1-2-8-15-11-6-7-12-17(15)18(13-14-22-19(20)21)16-9-4-3-5-10-16/h3-7,9-12,18H,2,8,13-14H2,1H3,(H,20,21). The summed E-state index contributed by atoms with van der Waals surface area (Å²) in [4.78, 5) is 10.6. The Hall–Kier alpha value is -2.29. The average Bonchev–Trinajstić information content (AvgIpc) is 2.53. The van der Waals surface area contributed by atoms with Crippen molar-refractivity contribution in [3.63, 3.8) is 0 Å². The van der Waals surface area contributed by atoms with Gasteiger partial charge < -0.3 is 9.84 Å². The van der Waals surface area contributed by atoms with Gasteiger partial charge in [-0.25, -0.2) is 4.79 Å². The molecule has 0 aliphatic carbocycles. The molecular formula is C19H22O3. The van der Waals surface area contributed by atoms with E-state index in [0.29, 0.717) is 6.42 Å². The Bertz CT molecular complexity index is 593. The van der Waals surface area contributed by atoms with Gasteiger partial charge in [0.1, 0.15) is 0 Å². The van der Waals surface area contributed by atoms with Crippen LogP contribution in [0.15, 0.2) is 54.6 Å². The molecule has 3 heteroatoms. The number of carboxylic acid groups (broad SMARTS) is 1. The SMILES string of the molecule is CCCc1ccccc1C(CCOC(=O)O)c1ccccc1. The minimum absolute atomic E-state index is 0.156. The normalized spacial score (nSPS) is 11.9. The van der Waals surface area contributed by atoms with E-state index >= 15 is 0 Å². The molecule has 0 radical (unpaired) electrons. The fourth-order valence-electron chi connectivity index (χ4n) is 2.82. The van der Waals surface area contributed by atoms with E-state index in [1.807, 2.05) is 24.3 Å². The Morgan fingerprint density at radius 1 is 1.09 bits per heavy atom. The maximum absolute atomic E-state index is 10.6. The molecule has 0 spiro atoms. The summed E-state index contributed by atoms with van der Waals surface area (Å²) in [5.41, 5.74) is 3.79. The number of aryl methyl sites for hydroxylation is 1. The Kier molecular flexibility index (Phi) is 6.01. The summed E-state index contributed by atoms with van der Waals surface area (Å²) < 4.78 is 4.73. The average molecular weight is 298 g/mol. The summed E-state index contributed by atoms with van der Waals surface area (Å²) in [6.45, 7) is 2.37. The van der Waals surface area contributed by atoms with E-state index in [1.165, 1.54) is 16.7 Å². The van der Waals surface area contributed by atoms with Crippen molar-refractivity contribution in [3.05, 3.63) is 71.3 Å². The van der Waals surface area contributed by atoms with Crippen LogP contribution in [0.5, 0.6) is 0 Å². The molecule has 1 unspecified atom stereocenters. The number of ether oxygens (including phenoxy) is 1. The van der Waals surface area contributed by atoms with E-state index < -0.39 is 6.16 Å². The quantitative estimate of drug-likeness (QED) is 0.743. The van der Waals surface area contributed by atoms with Crippen LogP contribution in [-0.2, 0) is 11.2 Å². The molecule has 1 atom stereocenters. The smallest absolute Gasteiger partial charge is 0.450 e. The molecular weight excluding hydrogens is 276 g/mol. The van der Waals surface area contributed by atoms with Crippen molar-refractivity contribution in [2.75, 3.05) is 6.61 Å². The third kappa shape index (κ3) is 4.35. The fourth-order valence-corrected chi connectivity index (χ4v) is 2.82. The van der Waals surface area contributed by atoms with E-state index in [0.717, 1.165) is 12.8 Å². The molecule has 0 heterocycles. The van der Waals surface area contributed by atoms with Crippen molar-refractivity contribution >= 4 is 6.16 Å². The van der Waals surface area contributed by atoms with Crippen LogP contribution in [0.2, 0.25) is 0 Å². The lowest BCUT2D eigenvalue weighted by Crippen LogP contribution is -2.10. The van der Waals surface area contributed by atoms with Gasteiger partial charge in [0.05, 0.1) is 6.61 Å². The van der Waals surface area contributed by atoms with Crippen molar-refractivity contribution < 1.29 is 14.6 Å². The van der Waals surface area contributed by atoms with Crippen LogP contribution in [0.4, 0.5) is 4.79 Å². The van der Waals surface area contributed by atoms with Gasteiger partial charge in [0.15, 0.2) is 0 Å². The number of hydrogen-bond donors (Lipinski definition) is 1. The first-order valence-electron chi connectivity index (χ1n) is 7.70. The summed E-state index contributed by atoms with van der Waals surface area (Å²) >= 11 is 0. The van der Waals surface area contributed by atoms with Crippen LogP contribution in [-0.4, -0.2) is 17.9 Å². The van der Waals surface area contributed by atoms with Crippen molar-refractivity contribution in [2.24, 2.45) is 0 Å². The summed E-state index contributed by atoms with van der Waals surface area (Å²) in [6, 6.07) is 18.6. The molecule has 3 nitrogen and oxygen atoms in total. The lowest BCUT2D eigenvalue weighted by molar-refractivity contribution is 0.0896. The van der Waals surface area contributed by atoms with E-state index in [-0.39, 0.29) is 12.5 Å². The molecule has 2 aromatic carbocycles. The van der Waals surface area contributed by atoms with E-state index in [4.69, 9.17) is 9.84 Å². The zero-order valence-electron chi connectivity index (χ0n) is 12.9. The van der Waals surface area contributed by atoms with E-state index in [2.05, 4.69) is 37.3 Å². The first-order valence-corrected chi connectivity index (χ1v) is 7.70. The number of carbonyl (C=O) groups is 1. The van der Waals surface area contributed by atoms with Crippen LogP contribution in [0, 0.1) is 0 Å². The third-order valence-corrected chi connectivity index (χ3v) is 3.78. The van der Waals surface area contributed by atoms with Gasteiger partial charge in [-0.15, -0.1) is 0 Å². The second kappa shape index (κ2) is 8.23. The van der Waals surface area contributed by atoms with Gasteiger partial charge >= 0.3 is 6.16 Å². The van der Waals surface area contributed by atoms with Crippen LogP contribution < -0.4 is 0 Å². The number of benzene rings is 2. The molecule has 0 saturated carbocycles. The molecule has 2 rings (SSSR count). The maximum Gasteiger partial charge on any atom is 0.505 e. The van der Waals surface area contributed by atoms with E-state index in [1.54, 1.807) is 0 Å². The first-order chi connectivity index (χ1) is 10.7. The van der Waals surface area contributed by atoms with Gasteiger partial charge in [-0.1, -0.05) is 67.9 Å². The van der Waals surface area contributed by atoms with E-state index in [9.17, 15) is 4.79 Å². The lowest BCUT2D eigenvalue weighted by atomic mass is 9.85. The Morgan fingerprint density at radius 2 is 1.77 bits per heavy atom. The minimum atomic E-state index is -1.21. The Labute approximate surface area is 131 Å². The number of rotatable bonds is 7. The van der Waals surface area contributed by atoms with Crippen molar-refractivity contribution in [2.45, 2.75) is 32.1 Å². The summed E-state index contributed by atoms with van der Waals surface area (Å²) in [6.07, 6.45) is 1.55. The van der Waals surface area contributed by atoms with Crippen molar-refractivity contribution in [1.82, 2.24) is 0 Å². The van der Waals surface area contributed by atoms with Gasteiger partial charge in [-0.2, -0.15) is 0 Å². The maximum atomic E-state index is 10.6. The van der Waals surface area contributed by atoms with Gasteiger partial charge in [-0.3, -0.25) is 0 Å². The first kappa shape index (κ1) is 16.1. The van der Waals surface area contributed by atoms with Crippen molar-refractivity contribution in [1.29, 1.82) is 0 Å². The lowest BCUT2D eigenvalue weighted by Gasteiger charge is -2.21. The van der Waals surface area contributed by atoms with Gasteiger partial charge in [0.2, 0.25) is 0 Å². The molecule has 0 amide bonds. The van der Waals surface area contributed by atoms with Crippen LogP contribution >= 0.6 is 0 Å². The highest BCUT2D eigenvalue weighted by molar-refractivity contribution is 5.56. The van der Waals surface area contributed by atoms with Crippen LogP contribution in [0.25, 0.3) is 0 Å². The molecule has 0 bridgehead atoms. The second-order valence-corrected chi connectivity index (χ2v) is 5.32. The van der Waals surface area contributed by atoms with Gasteiger partial charge in [-0.05, 0) is 29.5 Å². The zero-order valence-corrected chi connectivity index (χ0v) is 12.9. The summed E-state index contributed by atoms with van der Waals surface area (Å²) in [5, 5.41) is 8.68. The molecule has 116 valence electrons. The van der Waals surface area contributed by atoms with Crippen LogP contribution in [0.3, 0.4) is 0 Å². The molecule has 0 aliphatic heterocycles. The molecule has 1 N–H and O–H groups in total. The molecule has 0 fully saturated rings. The molecule has 0 saturated heterocycles. The van der Waals surface area contributed by atoms with Crippen molar-refractivity contribution in [3.8, 4) is 0 Å². The molecule has 0 aliphatic rings. The summed E-state index contributed by atoms with van der Waals surface area (Å²) in [5.74, 6) is 0.156. The predicted molar refractivity (Wildman–Crippen MR) is 87.3 cm³/mol. The largest absolute Gasteiger partial charge is 0.505 e. The fraction of sp³-hybridized carbons (Fsp3) is 0.316.